The lowest BCUT2D eigenvalue weighted by Gasteiger charge is -2.14. The van der Waals surface area contributed by atoms with E-state index in [2.05, 4.69) is 10.3 Å². The topological polar surface area (TPSA) is 78.2 Å². The Morgan fingerprint density at radius 1 is 1.54 bits per heavy atom. The predicted molar refractivity (Wildman–Crippen MR) is 91.7 cm³/mol. The van der Waals surface area contributed by atoms with E-state index in [1.165, 1.54) is 11.3 Å². The van der Waals surface area contributed by atoms with E-state index in [1.807, 2.05) is 35.4 Å². The minimum atomic E-state index is -0.0492. The van der Waals surface area contributed by atoms with Crippen LogP contribution in [0.5, 0.6) is 5.75 Å². The molecule has 2 aromatic rings. The summed E-state index contributed by atoms with van der Waals surface area (Å²) in [6.07, 6.45) is 2.83. The zero-order valence-electron chi connectivity index (χ0n) is 13.4. The van der Waals surface area contributed by atoms with Gasteiger partial charge in [-0.05, 0) is 24.5 Å². The number of para-hydroxylation sites is 1. The molecule has 124 valence electrons. The van der Waals surface area contributed by atoms with E-state index in [-0.39, 0.29) is 5.91 Å². The molecule has 0 unspecified atom stereocenters. The van der Waals surface area contributed by atoms with Crippen molar-refractivity contribution >= 4 is 17.2 Å². The maximum atomic E-state index is 12.6. The van der Waals surface area contributed by atoms with Crippen molar-refractivity contribution in [2.45, 2.75) is 6.42 Å². The molecule has 0 aliphatic carbocycles. The number of hydrogen-bond donors (Lipinski definition) is 1. The van der Waals surface area contributed by atoms with Gasteiger partial charge in [0.25, 0.3) is 5.91 Å². The number of ether oxygens (including phenoxy) is 1. The maximum Gasteiger partial charge on any atom is 0.273 e. The van der Waals surface area contributed by atoms with Crippen LogP contribution in [0.15, 0.2) is 29.6 Å². The molecular weight excluding hydrogens is 324 g/mol. The van der Waals surface area contributed by atoms with Gasteiger partial charge < -0.3 is 15.0 Å². The molecule has 0 saturated carbocycles. The van der Waals surface area contributed by atoms with Gasteiger partial charge in [0.05, 0.1) is 12.7 Å². The van der Waals surface area contributed by atoms with Crippen LogP contribution in [-0.2, 0) is 0 Å². The SMILES string of the molecule is COc1ccccc1-c1nc(C(=O)N2CC[C@H](CNC#N)C2)cs1. The van der Waals surface area contributed by atoms with Crippen LogP contribution in [0.25, 0.3) is 10.6 Å². The summed E-state index contributed by atoms with van der Waals surface area (Å²) in [4.78, 5) is 18.9. The van der Waals surface area contributed by atoms with Crippen molar-refractivity contribution in [2.75, 3.05) is 26.7 Å². The van der Waals surface area contributed by atoms with Gasteiger partial charge in [-0.1, -0.05) is 12.1 Å². The summed E-state index contributed by atoms with van der Waals surface area (Å²) in [5.41, 5.74) is 1.36. The normalized spacial score (nSPS) is 16.7. The number of nitrogens with one attached hydrogen (secondary N) is 1. The molecule has 1 saturated heterocycles. The molecule has 0 spiro atoms. The first-order valence-corrected chi connectivity index (χ1v) is 8.61. The van der Waals surface area contributed by atoms with Crippen LogP contribution in [0.1, 0.15) is 16.9 Å². The Labute approximate surface area is 144 Å². The van der Waals surface area contributed by atoms with Crippen molar-refractivity contribution in [3.63, 3.8) is 0 Å². The number of thiazole rings is 1. The molecule has 1 aromatic carbocycles. The van der Waals surface area contributed by atoms with Crippen LogP contribution in [0.3, 0.4) is 0 Å². The number of rotatable bonds is 5. The summed E-state index contributed by atoms with van der Waals surface area (Å²) < 4.78 is 5.36. The third kappa shape index (κ3) is 3.34. The number of hydrogen-bond acceptors (Lipinski definition) is 6. The van der Waals surface area contributed by atoms with Gasteiger partial charge in [-0.15, -0.1) is 11.3 Å². The second kappa shape index (κ2) is 7.32. The van der Waals surface area contributed by atoms with Gasteiger partial charge in [-0.3, -0.25) is 4.79 Å². The first-order chi connectivity index (χ1) is 11.7. The summed E-state index contributed by atoms with van der Waals surface area (Å²) >= 11 is 1.44. The minimum Gasteiger partial charge on any atom is -0.496 e. The van der Waals surface area contributed by atoms with E-state index in [4.69, 9.17) is 10.00 Å². The fraction of sp³-hybridized carbons (Fsp3) is 0.353. The quantitative estimate of drug-likeness (QED) is 0.666. The number of methoxy groups -OCH3 is 1. The largest absolute Gasteiger partial charge is 0.496 e. The lowest BCUT2D eigenvalue weighted by atomic mass is 10.1. The molecule has 1 aromatic heterocycles. The first-order valence-electron chi connectivity index (χ1n) is 7.73. The standard InChI is InChI=1S/C17H18N4O2S/c1-23-15-5-3-2-4-13(15)16-20-14(10-24-16)17(22)21-7-6-12(9-21)8-19-11-18/h2-5,10,12,19H,6-9H2,1H3/t12-/m1/s1. The summed E-state index contributed by atoms with van der Waals surface area (Å²) in [6, 6.07) is 7.65. The third-order valence-corrected chi connectivity index (χ3v) is 4.98. The second-order valence-electron chi connectivity index (χ2n) is 5.64. The third-order valence-electron chi connectivity index (χ3n) is 4.10. The van der Waals surface area contributed by atoms with Gasteiger partial charge in [-0.2, -0.15) is 5.26 Å². The minimum absolute atomic E-state index is 0.0492. The summed E-state index contributed by atoms with van der Waals surface area (Å²) in [5, 5.41) is 13.8. The highest BCUT2D eigenvalue weighted by atomic mass is 32.1. The molecule has 1 N–H and O–H groups in total. The smallest absolute Gasteiger partial charge is 0.273 e. The number of aromatic nitrogens is 1. The van der Waals surface area contributed by atoms with Crippen LogP contribution in [-0.4, -0.2) is 42.5 Å². The van der Waals surface area contributed by atoms with Gasteiger partial charge in [0.15, 0.2) is 6.19 Å². The lowest BCUT2D eigenvalue weighted by molar-refractivity contribution is 0.0782. The average Bonchev–Trinajstić information content (AvgIpc) is 3.29. The number of nitriles is 1. The summed E-state index contributed by atoms with van der Waals surface area (Å²) in [6.45, 7) is 1.98. The molecule has 6 nitrogen and oxygen atoms in total. The fourth-order valence-corrected chi connectivity index (χ4v) is 3.68. The van der Waals surface area contributed by atoms with Crippen LogP contribution in [0.2, 0.25) is 0 Å². The van der Waals surface area contributed by atoms with Crippen LogP contribution in [0, 0.1) is 17.4 Å². The van der Waals surface area contributed by atoms with Crippen molar-refractivity contribution in [1.29, 1.82) is 5.26 Å². The van der Waals surface area contributed by atoms with Gasteiger partial charge in [0.2, 0.25) is 0 Å². The van der Waals surface area contributed by atoms with E-state index in [9.17, 15) is 4.79 Å². The highest BCUT2D eigenvalue weighted by molar-refractivity contribution is 7.13. The van der Waals surface area contributed by atoms with Gasteiger partial charge in [-0.25, -0.2) is 4.98 Å². The zero-order chi connectivity index (χ0) is 16.9. The van der Waals surface area contributed by atoms with E-state index in [0.29, 0.717) is 31.2 Å². The van der Waals surface area contributed by atoms with Crippen LogP contribution in [0.4, 0.5) is 0 Å². The number of benzene rings is 1. The molecule has 7 heteroatoms. The Hall–Kier alpha value is -2.59. The molecule has 24 heavy (non-hydrogen) atoms. The van der Waals surface area contributed by atoms with Gasteiger partial charge in [0.1, 0.15) is 16.5 Å². The molecule has 1 amide bonds. The van der Waals surface area contributed by atoms with Crippen molar-refractivity contribution in [1.82, 2.24) is 15.2 Å². The number of likely N-dealkylation sites (tertiary alicyclic amines) is 1. The molecule has 0 bridgehead atoms. The number of nitrogens with zero attached hydrogens (tertiary/aromatic N) is 3. The van der Waals surface area contributed by atoms with E-state index in [0.717, 1.165) is 22.7 Å². The van der Waals surface area contributed by atoms with Crippen LogP contribution >= 0.6 is 11.3 Å². The van der Waals surface area contributed by atoms with Gasteiger partial charge in [0, 0.05) is 25.0 Å². The molecule has 1 atom stereocenters. The Balaban J connectivity index is 1.72. The van der Waals surface area contributed by atoms with Crippen molar-refractivity contribution in [2.24, 2.45) is 5.92 Å². The molecule has 0 radical (unpaired) electrons. The Kier molecular flexibility index (Phi) is 4.96. The first kappa shape index (κ1) is 16.3. The molecule has 1 aliphatic rings. The number of carbonyl (C=O) groups is 1. The van der Waals surface area contributed by atoms with Crippen LogP contribution < -0.4 is 10.1 Å². The second-order valence-corrected chi connectivity index (χ2v) is 6.49. The fourth-order valence-electron chi connectivity index (χ4n) is 2.85. The van der Waals surface area contributed by atoms with E-state index in [1.54, 1.807) is 12.5 Å². The van der Waals surface area contributed by atoms with Crippen molar-refractivity contribution < 1.29 is 9.53 Å². The maximum absolute atomic E-state index is 12.6. The van der Waals surface area contributed by atoms with E-state index >= 15 is 0 Å². The molecule has 1 fully saturated rings. The summed E-state index contributed by atoms with van der Waals surface area (Å²) in [5.74, 6) is 1.02. The molecule has 2 heterocycles. The average molecular weight is 342 g/mol. The molecule has 3 rings (SSSR count). The van der Waals surface area contributed by atoms with E-state index < -0.39 is 0 Å². The van der Waals surface area contributed by atoms with Gasteiger partial charge >= 0.3 is 0 Å². The monoisotopic (exact) mass is 342 g/mol. The Bertz CT molecular complexity index is 768. The summed E-state index contributed by atoms with van der Waals surface area (Å²) in [7, 11) is 1.62. The lowest BCUT2D eigenvalue weighted by Crippen LogP contribution is -2.30. The Morgan fingerprint density at radius 3 is 3.17 bits per heavy atom. The molecule has 1 aliphatic heterocycles. The Morgan fingerprint density at radius 2 is 2.38 bits per heavy atom. The number of amides is 1. The number of carbonyl (C=O) groups excluding carboxylic acids is 1. The molecular formula is C17H18N4O2S. The highest BCUT2D eigenvalue weighted by Crippen LogP contribution is 2.32. The highest BCUT2D eigenvalue weighted by Gasteiger charge is 2.28. The van der Waals surface area contributed by atoms with Crippen molar-refractivity contribution in [3.8, 4) is 22.5 Å². The zero-order valence-corrected chi connectivity index (χ0v) is 14.2. The van der Waals surface area contributed by atoms with Crippen molar-refractivity contribution in [3.05, 3.63) is 35.3 Å². The predicted octanol–water partition coefficient (Wildman–Crippen LogP) is 2.35.